The molecule has 1 nitrogen and oxygen atoms in total. The second-order valence-corrected chi connectivity index (χ2v) is 6.15. The van der Waals surface area contributed by atoms with Crippen LogP contribution in [-0.2, 0) is 0 Å². The lowest BCUT2D eigenvalue weighted by Crippen LogP contribution is -2.27. The van der Waals surface area contributed by atoms with E-state index in [4.69, 9.17) is 0 Å². The van der Waals surface area contributed by atoms with Crippen LogP contribution in [0.5, 0.6) is 0 Å². The molecule has 1 aromatic carbocycles. The molecule has 1 unspecified atom stereocenters. The number of halogens is 2. The van der Waals surface area contributed by atoms with Gasteiger partial charge in [0.2, 0.25) is 0 Å². The summed E-state index contributed by atoms with van der Waals surface area (Å²) in [6, 6.07) is 6.97. The minimum absolute atomic E-state index is 0.448. The fourth-order valence-corrected chi connectivity index (χ4v) is 3.62. The zero-order valence-electron chi connectivity index (χ0n) is 10.8. The van der Waals surface area contributed by atoms with Crippen molar-refractivity contribution in [3.63, 3.8) is 0 Å². The second-order valence-electron chi connectivity index (χ2n) is 4.31. The van der Waals surface area contributed by atoms with Gasteiger partial charge in [0.15, 0.2) is 0 Å². The number of nitrogens with one attached hydrogen (secondary N) is 1. The molecule has 0 aliphatic rings. The van der Waals surface area contributed by atoms with Gasteiger partial charge in [-0.25, -0.2) is 0 Å². The summed E-state index contributed by atoms with van der Waals surface area (Å²) in [6.07, 6.45) is 2.41. The zero-order chi connectivity index (χ0) is 12.8. The van der Waals surface area contributed by atoms with Crippen molar-refractivity contribution in [2.45, 2.75) is 39.7 Å². The molecule has 0 saturated heterocycles. The maximum Gasteiger partial charge on any atom is 0.0349 e. The van der Waals surface area contributed by atoms with Gasteiger partial charge in [-0.05, 0) is 36.2 Å². The van der Waals surface area contributed by atoms with Crippen molar-refractivity contribution in [1.29, 1.82) is 0 Å². The lowest BCUT2D eigenvalue weighted by molar-refractivity contribution is 0.346. The first kappa shape index (κ1) is 15.2. The number of benzene rings is 1. The minimum Gasteiger partial charge on any atom is -0.310 e. The fraction of sp³-hybridized carbons (Fsp3) is 0.571. The molecular formula is C14H21Br2N. The molecular weight excluding hydrogens is 342 g/mol. The Kier molecular flexibility index (Phi) is 6.75. The average molecular weight is 363 g/mol. The van der Waals surface area contributed by atoms with Crippen molar-refractivity contribution >= 4 is 31.9 Å². The molecule has 1 rings (SSSR count). The van der Waals surface area contributed by atoms with E-state index in [-0.39, 0.29) is 0 Å². The molecule has 0 fully saturated rings. The van der Waals surface area contributed by atoms with Gasteiger partial charge in [0.1, 0.15) is 0 Å². The number of hydrogen-bond donors (Lipinski definition) is 1. The molecule has 1 atom stereocenters. The molecule has 0 bridgehead atoms. The van der Waals surface area contributed by atoms with Gasteiger partial charge < -0.3 is 5.32 Å². The maximum absolute atomic E-state index is 3.61. The maximum atomic E-state index is 3.61. The topological polar surface area (TPSA) is 12.0 Å². The van der Waals surface area contributed by atoms with Crippen LogP contribution >= 0.6 is 31.9 Å². The van der Waals surface area contributed by atoms with Gasteiger partial charge in [-0.3, -0.25) is 0 Å². The van der Waals surface area contributed by atoms with Crippen LogP contribution in [0.2, 0.25) is 0 Å². The van der Waals surface area contributed by atoms with Crippen molar-refractivity contribution in [3.8, 4) is 0 Å². The van der Waals surface area contributed by atoms with Crippen LogP contribution in [-0.4, -0.2) is 6.54 Å². The Morgan fingerprint density at radius 2 is 1.53 bits per heavy atom. The first-order chi connectivity index (χ1) is 8.12. The predicted octanol–water partition coefficient (Wildman–Crippen LogP) is 5.30. The summed E-state index contributed by atoms with van der Waals surface area (Å²) in [5, 5.41) is 3.61. The Balaban J connectivity index is 3.03. The molecule has 0 aromatic heterocycles. The Labute approximate surface area is 122 Å². The molecule has 0 radical (unpaired) electrons. The van der Waals surface area contributed by atoms with Crippen LogP contribution in [0.3, 0.4) is 0 Å². The van der Waals surface area contributed by atoms with Gasteiger partial charge in [-0.1, -0.05) is 65.5 Å². The summed E-state index contributed by atoms with van der Waals surface area (Å²) < 4.78 is 2.27. The normalized spacial score (nSPS) is 13.1. The van der Waals surface area contributed by atoms with Crippen molar-refractivity contribution in [2.24, 2.45) is 5.92 Å². The standard InChI is InChI=1S/C14H21Br2N/c1-4-10(5-2)14(17-6-3)11-7-12(15)9-13(16)8-11/h7-10,14,17H,4-6H2,1-3H3. The van der Waals surface area contributed by atoms with Crippen molar-refractivity contribution in [3.05, 3.63) is 32.7 Å². The third-order valence-corrected chi connectivity index (χ3v) is 4.10. The summed E-state index contributed by atoms with van der Waals surface area (Å²) in [7, 11) is 0. The highest BCUT2D eigenvalue weighted by molar-refractivity contribution is 9.11. The van der Waals surface area contributed by atoms with E-state index >= 15 is 0 Å². The molecule has 0 heterocycles. The molecule has 1 aromatic rings. The SMILES string of the molecule is CCNC(c1cc(Br)cc(Br)c1)C(CC)CC. The lowest BCUT2D eigenvalue weighted by Gasteiger charge is -2.27. The van der Waals surface area contributed by atoms with Crippen molar-refractivity contribution in [2.75, 3.05) is 6.54 Å². The largest absolute Gasteiger partial charge is 0.310 e. The van der Waals surface area contributed by atoms with E-state index in [0.717, 1.165) is 15.5 Å². The third kappa shape index (κ3) is 4.38. The van der Waals surface area contributed by atoms with E-state index in [0.29, 0.717) is 12.0 Å². The highest BCUT2D eigenvalue weighted by atomic mass is 79.9. The molecule has 0 spiro atoms. The van der Waals surface area contributed by atoms with E-state index in [2.05, 4.69) is 76.1 Å². The molecule has 0 amide bonds. The monoisotopic (exact) mass is 361 g/mol. The second kappa shape index (κ2) is 7.55. The highest BCUT2D eigenvalue weighted by Gasteiger charge is 2.19. The van der Waals surface area contributed by atoms with Gasteiger partial charge in [0.25, 0.3) is 0 Å². The summed E-state index contributed by atoms with van der Waals surface area (Å²) >= 11 is 7.14. The predicted molar refractivity (Wildman–Crippen MR) is 82.3 cm³/mol. The van der Waals surface area contributed by atoms with Gasteiger partial charge in [-0.2, -0.15) is 0 Å². The number of hydrogen-bond acceptors (Lipinski definition) is 1. The van der Waals surface area contributed by atoms with Gasteiger partial charge in [0, 0.05) is 15.0 Å². The average Bonchev–Trinajstić information content (AvgIpc) is 2.28. The smallest absolute Gasteiger partial charge is 0.0349 e. The van der Waals surface area contributed by atoms with E-state index in [1.165, 1.54) is 18.4 Å². The number of rotatable bonds is 6. The molecule has 0 aliphatic carbocycles. The minimum atomic E-state index is 0.448. The molecule has 96 valence electrons. The van der Waals surface area contributed by atoms with Crippen LogP contribution in [0.1, 0.15) is 45.2 Å². The van der Waals surface area contributed by atoms with E-state index < -0.39 is 0 Å². The fourth-order valence-electron chi connectivity index (χ4n) is 2.29. The van der Waals surface area contributed by atoms with Crippen LogP contribution < -0.4 is 5.32 Å². The van der Waals surface area contributed by atoms with Crippen LogP contribution in [0.25, 0.3) is 0 Å². The van der Waals surface area contributed by atoms with Gasteiger partial charge >= 0.3 is 0 Å². The lowest BCUT2D eigenvalue weighted by atomic mass is 9.89. The summed E-state index contributed by atoms with van der Waals surface area (Å²) in [4.78, 5) is 0. The Bertz CT molecular complexity index is 328. The Morgan fingerprint density at radius 1 is 1.00 bits per heavy atom. The first-order valence-electron chi connectivity index (χ1n) is 6.31. The molecule has 1 N–H and O–H groups in total. The third-order valence-electron chi connectivity index (χ3n) is 3.19. The summed E-state index contributed by atoms with van der Waals surface area (Å²) in [5.74, 6) is 0.691. The van der Waals surface area contributed by atoms with Gasteiger partial charge in [0.05, 0.1) is 0 Å². The van der Waals surface area contributed by atoms with Gasteiger partial charge in [-0.15, -0.1) is 0 Å². The van der Waals surface area contributed by atoms with Crippen LogP contribution in [0.4, 0.5) is 0 Å². The summed E-state index contributed by atoms with van der Waals surface area (Å²) in [6.45, 7) is 7.71. The van der Waals surface area contributed by atoms with Crippen molar-refractivity contribution < 1.29 is 0 Å². The van der Waals surface area contributed by atoms with E-state index in [1.807, 2.05) is 0 Å². The van der Waals surface area contributed by atoms with E-state index in [1.54, 1.807) is 0 Å². The Hall–Kier alpha value is 0.140. The van der Waals surface area contributed by atoms with E-state index in [9.17, 15) is 0 Å². The molecule has 0 saturated carbocycles. The van der Waals surface area contributed by atoms with Crippen LogP contribution in [0.15, 0.2) is 27.1 Å². The summed E-state index contributed by atoms with van der Waals surface area (Å²) in [5.41, 5.74) is 1.36. The molecule has 0 aliphatic heterocycles. The zero-order valence-corrected chi connectivity index (χ0v) is 13.9. The highest BCUT2D eigenvalue weighted by Crippen LogP contribution is 2.31. The molecule has 17 heavy (non-hydrogen) atoms. The van der Waals surface area contributed by atoms with Crippen molar-refractivity contribution in [1.82, 2.24) is 5.32 Å². The van der Waals surface area contributed by atoms with Crippen LogP contribution in [0, 0.1) is 5.92 Å². The Morgan fingerprint density at radius 3 is 1.94 bits per heavy atom. The first-order valence-corrected chi connectivity index (χ1v) is 7.90. The molecule has 3 heteroatoms. The quantitative estimate of drug-likeness (QED) is 0.724.